The second kappa shape index (κ2) is 9.61. The summed E-state index contributed by atoms with van der Waals surface area (Å²) in [5.74, 6) is -8.30. The molecule has 1 aliphatic heterocycles. The molecule has 2 heterocycles. The summed E-state index contributed by atoms with van der Waals surface area (Å²) in [6, 6.07) is 4.98. The maximum absolute atomic E-state index is 14.5. The van der Waals surface area contributed by atoms with Crippen LogP contribution in [0.1, 0.15) is 25.3 Å². The van der Waals surface area contributed by atoms with Crippen molar-refractivity contribution in [3.8, 4) is 17.5 Å². The maximum Gasteiger partial charge on any atom is 0.417 e. The molecule has 3 aromatic rings. The molecular weight excluding hydrogens is 508 g/mol. The maximum atomic E-state index is 14.5. The molecule has 0 aliphatic carbocycles. The average molecular weight is 529 g/mol. The first-order valence-electron chi connectivity index (χ1n) is 10.9. The van der Waals surface area contributed by atoms with Crippen LogP contribution in [0.5, 0.6) is 17.5 Å². The monoisotopic (exact) mass is 529 g/mol. The number of nitrogens with zero attached hydrogens (tertiary/aromatic N) is 1. The quantitative estimate of drug-likeness (QED) is 0.400. The van der Waals surface area contributed by atoms with E-state index in [-0.39, 0.29) is 23.0 Å². The van der Waals surface area contributed by atoms with Crippen LogP contribution >= 0.6 is 0 Å². The third-order valence-electron chi connectivity index (χ3n) is 6.45. The number of ether oxygens (including phenoxy) is 3. The van der Waals surface area contributed by atoms with Crippen LogP contribution in [-0.2, 0) is 9.53 Å². The average Bonchev–Trinajstić information content (AvgIpc) is 3.44. The van der Waals surface area contributed by atoms with Gasteiger partial charge in [-0.2, -0.15) is 17.6 Å². The number of alkyl halides is 3. The minimum Gasteiger partial charge on any atom is -0.493 e. The lowest BCUT2D eigenvalue weighted by atomic mass is 9.77. The van der Waals surface area contributed by atoms with Crippen molar-refractivity contribution in [2.45, 2.75) is 37.6 Å². The van der Waals surface area contributed by atoms with Gasteiger partial charge in [0, 0.05) is 41.5 Å². The standard InChI is InChI=1S/C24H21F6N3O4/c1-11-17(13-5-7-15(26)18(27)19(13)35-3)20(37-23(11,2)24(28,29)30)21(34)33-12-4-6-14(25)16(10-12)36-22-31-8-9-32-22/h4-11,17,20H,1-3H3,(H,31,32)(H,33,34)/t11-,17-,20+,23+/m0/s1. The fourth-order valence-electron chi connectivity index (χ4n) is 4.32. The first-order valence-corrected chi connectivity index (χ1v) is 10.9. The van der Waals surface area contributed by atoms with Gasteiger partial charge in [-0.15, -0.1) is 0 Å². The van der Waals surface area contributed by atoms with Crippen LogP contribution in [0, 0.1) is 23.4 Å². The van der Waals surface area contributed by atoms with E-state index >= 15 is 0 Å². The zero-order chi connectivity index (χ0) is 27.1. The Morgan fingerprint density at radius 2 is 1.86 bits per heavy atom. The van der Waals surface area contributed by atoms with Gasteiger partial charge in [-0.25, -0.2) is 13.8 Å². The summed E-state index contributed by atoms with van der Waals surface area (Å²) in [7, 11) is 1.03. The predicted octanol–water partition coefficient (Wildman–Crippen LogP) is 5.71. The molecule has 1 aromatic heterocycles. The number of amides is 1. The van der Waals surface area contributed by atoms with E-state index in [1.807, 2.05) is 0 Å². The number of benzene rings is 2. The van der Waals surface area contributed by atoms with Crippen LogP contribution < -0.4 is 14.8 Å². The van der Waals surface area contributed by atoms with Crippen LogP contribution in [0.25, 0.3) is 0 Å². The SMILES string of the molecule is COc1c([C@H]2[C@H](C(=O)Nc3ccc(F)c(Oc4ncc[nH]4)c3)O[C@@](C)(C(F)(F)F)[C@H]2C)ccc(F)c1F. The van der Waals surface area contributed by atoms with Gasteiger partial charge in [-0.1, -0.05) is 13.0 Å². The Kier molecular flexibility index (Phi) is 6.84. The number of halogens is 6. The molecule has 4 atom stereocenters. The van der Waals surface area contributed by atoms with E-state index in [0.29, 0.717) is 0 Å². The van der Waals surface area contributed by atoms with Gasteiger partial charge in [0.25, 0.3) is 11.9 Å². The zero-order valence-corrected chi connectivity index (χ0v) is 19.6. The number of carbonyl (C=O) groups excluding carboxylic acids is 1. The molecule has 198 valence electrons. The molecule has 7 nitrogen and oxygen atoms in total. The molecule has 0 unspecified atom stereocenters. The fourth-order valence-corrected chi connectivity index (χ4v) is 4.32. The van der Waals surface area contributed by atoms with Crippen molar-refractivity contribution in [2.24, 2.45) is 5.92 Å². The highest BCUT2D eigenvalue weighted by Crippen LogP contribution is 2.55. The van der Waals surface area contributed by atoms with E-state index in [1.165, 1.54) is 19.3 Å². The number of rotatable bonds is 6. The first-order chi connectivity index (χ1) is 17.4. The van der Waals surface area contributed by atoms with Crippen molar-refractivity contribution in [1.82, 2.24) is 9.97 Å². The number of aromatic amines is 1. The van der Waals surface area contributed by atoms with E-state index < -0.39 is 58.8 Å². The molecule has 2 N–H and O–H groups in total. The van der Waals surface area contributed by atoms with Gasteiger partial charge in [-0.3, -0.25) is 4.79 Å². The number of hydrogen-bond acceptors (Lipinski definition) is 5. The molecule has 0 spiro atoms. The molecule has 37 heavy (non-hydrogen) atoms. The minimum absolute atomic E-state index is 0.0270. The van der Waals surface area contributed by atoms with E-state index in [4.69, 9.17) is 14.2 Å². The number of hydrogen-bond donors (Lipinski definition) is 2. The van der Waals surface area contributed by atoms with Gasteiger partial charge < -0.3 is 24.5 Å². The van der Waals surface area contributed by atoms with Crippen LogP contribution in [0.15, 0.2) is 42.7 Å². The molecule has 0 saturated carbocycles. The number of aromatic nitrogens is 2. The molecule has 1 amide bonds. The van der Waals surface area contributed by atoms with E-state index in [0.717, 1.165) is 44.4 Å². The number of methoxy groups -OCH3 is 1. The third kappa shape index (κ3) is 4.70. The fraction of sp³-hybridized carbons (Fsp3) is 0.333. The second-order valence-electron chi connectivity index (χ2n) is 8.57. The van der Waals surface area contributed by atoms with E-state index in [9.17, 15) is 31.1 Å². The van der Waals surface area contributed by atoms with Gasteiger partial charge in [0.05, 0.1) is 7.11 Å². The highest BCUT2D eigenvalue weighted by molar-refractivity contribution is 5.95. The number of anilines is 1. The minimum atomic E-state index is -4.91. The summed E-state index contributed by atoms with van der Waals surface area (Å²) in [4.78, 5) is 19.7. The highest BCUT2D eigenvalue weighted by atomic mass is 19.4. The summed E-state index contributed by atoms with van der Waals surface area (Å²) in [5.41, 5.74) is -3.02. The van der Waals surface area contributed by atoms with Gasteiger partial charge in [0.2, 0.25) is 5.82 Å². The molecule has 1 aliphatic rings. The number of carbonyl (C=O) groups is 1. The Hall–Kier alpha value is -3.74. The lowest BCUT2D eigenvalue weighted by Crippen LogP contribution is -2.47. The van der Waals surface area contributed by atoms with Crippen molar-refractivity contribution in [2.75, 3.05) is 12.4 Å². The molecular formula is C24H21F6N3O4. The molecule has 0 radical (unpaired) electrons. The Morgan fingerprint density at radius 1 is 1.16 bits per heavy atom. The van der Waals surface area contributed by atoms with Crippen LogP contribution in [0.2, 0.25) is 0 Å². The van der Waals surface area contributed by atoms with Crippen LogP contribution in [0.3, 0.4) is 0 Å². The van der Waals surface area contributed by atoms with Gasteiger partial charge >= 0.3 is 6.18 Å². The van der Waals surface area contributed by atoms with Crippen molar-refractivity contribution in [3.05, 3.63) is 65.7 Å². The lowest BCUT2D eigenvalue weighted by Gasteiger charge is -2.32. The summed E-state index contributed by atoms with van der Waals surface area (Å²) in [6.07, 6.45) is -3.92. The smallest absolute Gasteiger partial charge is 0.417 e. The molecule has 0 bridgehead atoms. The zero-order valence-electron chi connectivity index (χ0n) is 19.6. The van der Waals surface area contributed by atoms with Gasteiger partial charge in [-0.05, 0) is 25.1 Å². The Labute approximate surface area is 206 Å². The van der Waals surface area contributed by atoms with Crippen LogP contribution in [-0.4, -0.2) is 40.9 Å². The molecule has 2 aromatic carbocycles. The van der Waals surface area contributed by atoms with Crippen molar-refractivity contribution in [1.29, 1.82) is 0 Å². The van der Waals surface area contributed by atoms with E-state index in [2.05, 4.69) is 15.3 Å². The second-order valence-corrected chi connectivity index (χ2v) is 8.57. The number of imidazole rings is 1. The Balaban J connectivity index is 1.71. The summed E-state index contributed by atoms with van der Waals surface area (Å²) in [6.45, 7) is 1.97. The number of nitrogens with one attached hydrogen (secondary N) is 2. The van der Waals surface area contributed by atoms with Crippen molar-refractivity contribution >= 4 is 11.6 Å². The van der Waals surface area contributed by atoms with Crippen LogP contribution in [0.4, 0.5) is 32.0 Å². The largest absolute Gasteiger partial charge is 0.493 e. The topological polar surface area (TPSA) is 85.5 Å². The predicted molar refractivity (Wildman–Crippen MR) is 118 cm³/mol. The number of H-pyrrole nitrogens is 1. The van der Waals surface area contributed by atoms with Crippen molar-refractivity contribution in [3.63, 3.8) is 0 Å². The Morgan fingerprint density at radius 3 is 2.49 bits per heavy atom. The normalized spacial score (nSPS) is 23.6. The Bertz CT molecular complexity index is 1300. The molecule has 13 heteroatoms. The lowest BCUT2D eigenvalue weighted by molar-refractivity contribution is -0.272. The van der Waals surface area contributed by atoms with Gasteiger partial charge in [0.15, 0.2) is 28.7 Å². The van der Waals surface area contributed by atoms with Gasteiger partial charge in [0.1, 0.15) is 6.10 Å². The highest BCUT2D eigenvalue weighted by Gasteiger charge is 2.65. The first kappa shape index (κ1) is 26.3. The van der Waals surface area contributed by atoms with E-state index in [1.54, 1.807) is 0 Å². The molecule has 4 rings (SSSR count). The molecule has 1 saturated heterocycles. The molecule has 1 fully saturated rings. The summed E-state index contributed by atoms with van der Waals surface area (Å²) >= 11 is 0. The summed E-state index contributed by atoms with van der Waals surface area (Å²) in [5, 5.41) is 2.39. The summed E-state index contributed by atoms with van der Waals surface area (Å²) < 4.78 is 100. The van der Waals surface area contributed by atoms with Crippen molar-refractivity contribution < 1.29 is 45.3 Å². The third-order valence-corrected chi connectivity index (χ3v) is 6.45.